The minimum Gasteiger partial charge on any atom is -0.398 e. The van der Waals surface area contributed by atoms with E-state index in [0.29, 0.717) is 19.0 Å². The molecule has 2 aromatic rings. The number of nitrogens with zero attached hydrogens (tertiary/aromatic N) is 2. The van der Waals surface area contributed by atoms with Crippen LogP contribution in [0.4, 0.5) is 5.69 Å². The molecule has 0 radical (unpaired) electrons. The molecule has 1 saturated carbocycles. The number of aryl methyl sites for hydroxylation is 1. The summed E-state index contributed by atoms with van der Waals surface area (Å²) in [4.78, 5) is 11.6. The molecule has 0 spiro atoms. The number of nitrogens with two attached hydrogens (primary N) is 1. The molecule has 0 unspecified atom stereocenters. The number of nitrogen functional groups attached to an aromatic ring is 1. The molecule has 1 fully saturated rings. The summed E-state index contributed by atoms with van der Waals surface area (Å²) in [5.41, 5.74) is 8.63. The third-order valence-corrected chi connectivity index (χ3v) is 3.42. The maximum atomic E-state index is 11.6. The molecule has 1 aromatic carbocycles. The second kappa shape index (κ2) is 5.36. The van der Waals surface area contributed by atoms with Crippen LogP contribution in [0.15, 0.2) is 36.7 Å². The standard InChI is InChI=1S/C15H18N4O/c16-14-4-2-1-3-13(14)11-9-17-19(10-11)8-7-15(20)18-12-5-6-12/h1-4,9-10,12H,5-8,16H2,(H,18,20). The van der Waals surface area contributed by atoms with Gasteiger partial charge in [0.1, 0.15) is 0 Å². The van der Waals surface area contributed by atoms with Gasteiger partial charge < -0.3 is 11.1 Å². The lowest BCUT2D eigenvalue weighted by Gasteiger charge is -2.03. The van der Waals surface area contributed by atoms with Gasteiger partial charge in [-0.25, -0.2) is 0 Å². The van der Waals surface area contributed by atoms with E-state index in [1.807, 2.05) is 30.5 Å². The highest BCUT2D eigenvalue weighted by Crippen LogP contribution is 2.24. The van der Waals surface area contributed by atoms with Crippen LogP contribution < -0.4 is 11.1 Å². The quantitative estimate of drug-likeness (QED) is 0.814. The monoisotopic (exact) mass is 270 g/mol. The number of amides is 1. The van der Waals surface area contributed by atoms with E-state index >= 15 is 0 Å². The van der Waals surface area contributed by atoms with Crippen LogP contribution in [0.5, 0.6) is 0 Å². The highest BCUT2D eigenvalue weighted by atomic mass is 16.1. The predicted octanol–water partition coefficient (Wildman–Crippen LogP) is 1.80. The summed E-state index contributed by atoms with van der Waals surface area (Å²) in [7, 11) is 0. The third-order valence-electron chi connectivity index (χ3n) is 3.42. The number of benzene rings is 1. The molecule has 20 heavy (non-hydrogen) atoms. The van der Waals surface area contributed by atoms with Gasteiger partial charge in [0.2, 0.25) is 5.91 Å². The Bertz CT molecular complexity index is 616. The van der Waals surface area contributed by atoms with Gasteiger partial charge >= 0.3 is 0 Å². The lowest BCUT2D eigenvalue weighted by molar-refractivity contribution is -0.121. The average molecular weight is 270 g/mol. The Morgan fingerprint density at radius 2 is 2.20 bits per heavy atom. The molecule has 5 nitrogen and oxygen atoms in total. The highest BCUT2D eigenvalue weighted by molar-refractivity contribution is 5.77. The zero-order valence-corrected chi connectivity index (χ0v) is 11.2. The number of aromatic nitrogens is 2. The topological polar surface area (TPSA) is 72.9 Å². The van der Waals surface area contributed by atoms with Crippen molar-refractivity contribution in [1.29, 1.82) is 0 Å². The summed E-state index contributed by atoms with van der Waals surface area (Å²) in [5, 5.41) is 7.25. The summed E-state index contributed by atoms with van der Waals surface area (Å²) >= 11 is 0. The van der Waals surface area contributed by atoms with Crippen LogP contribution >= 0.6 is 0 Å². The molecular weight excluding hydrogens is 252 g/mol. The van der Waals surface area contributed by atoms with Gasteiger partial charge in [-0.05, 0) is 18.9 Å². The molecule has 3 rings (SSSR count). The van der Waals surface area contributed by atoms with Crippen LogP contribution in [0.25, 0.3) is 11.1 Å². The molecule has 1 aliphatic carbocycles. The number of rotatable bonds is 5. The van der Waals surface area contributed by atoms with Gasteiger partial charge in [-0.3, -0.25) is 9.48 Å². The van der Waals surface area contributed by atoms with Crippen molar-refractivity contribution >= 4 is 11.6 Å². The van der Waals surface area contributed by atoms with Gasteiger partial charge in [-0.2, -0.15) is 5.10 Å². The van der Waals surface area contributed by atoms with Crippen LogP contribution in [0.3, 0.4) is 0 Å². The summed E-state index contributed by atoms with van der Waals surface area (Å²) in [6.45, 7) is 0.589. The van der Waals surface area contributed by atoms with Crippen LogP contribution in [0.1, 0.15) is 19.3 Å². The van der Waals surface area contributed by atoms with Crippen molar-refractivity contribution in [2.45, 2.75) is 31.8 Å². The van der Waals surface area contributed by atoms with E-state index < -0.39 is 0 Å². The van der Waals surface area contributed by atoms with E-state index in [9.17, 15) is 4.79 Å². The highest BCUT2D eigenvalue weighted by Gasteiger charge is 2.22. The van der Waals surface area contributed by atoms with Gasteiger partial charge in [0.15, 0.2) is 0 Å². The number of para-hydroxylation sites is 1. The van der Waals surface area contributed by atoms with Crippen LogP contribution in [0.2, 0.25) is 0 Å². The Morgan fingerprint density at radius 1 is 1.40 bits per heavy atom. The van der Waals surface area contributed by atoms with Crippen molar-refractivity contribution in [1.82, 2.24) is 15.1 Å². The maximum Gasteiger partial charge on any atom is 0.222 e. The van der Waals surface area contributed by atoms with Crippen molar-refractivity contribution < 1.29 is 4.79 Å². The minimum atomic E-state index is 0.101. The molecule has 104 valence electrons. The third kappa shape index (κ3) is 2.99. The van der Waals surface area contributed by atoms with E-state index in [2.05, 4.69) is 10.4 Å². The molecule has 0 aliphatic heterocycles. The molecule has 5 heteroatoms. The van der Waals surface area contributed by atoms with E-state index in [1.54, 1.807) is 10.9 Å². The van der Waals surface area contributed by atoms with Crippen LogP contribution in [-0.4, -0.2) is 21.7 Å². The largest absolute Gasteiger partial charge is 0.398 e. The van der Waals surface area contributed by atoms with Gasteiger partial charge in [0.05, 0.1) is 6.20 Å². The van der Waals surface area contributed by atoms with E-state index in [-0.39, 0.29) is 5.91 Å². The fourth-order valence-corrected chi connectivity index (χ4v) is 2.13. The fourth-order valence-electron chi connectivity index (χ4n) is 2.13. The smallest absolute Gasteiger partial charge is 0.222 e. The molecule has 0 atom stereocenters. The van der Waals surface area contributed by atoms with Crippen molar-refractivity contribution in [3.63, 3.8) is 0 Å². The SMILES string of the molecule is Nc1ccccc1-c1cnn(CCC(=O)NC2CC2)c1. The second-order valence-corrected chi connectivity index (χ2v) is 5.17. The van der Waals surface area contributed by atoms with Crippen LogP contribution in [0, 0.1) is 0 Å². The van der Waals surface area contributed by atoms with Gasteiger partial charge in [-0.1, -0.05) is 18.2 Å². The predicted molar refractivity (Wildman–Crippen MR) is 77.9 cm³/mol. The molecule has 1 aliphatic rings. The van der Waals surface area contributed by atoms with E-state index in [4.69, 9.17) is 5.73 Å². The molecule has 3 N–H and O–H groups in total. The first-order valence-electron chi connectivity index (χ1n) is 6.89. The summed E-state index contributed by atoms with van der Waals surface area (Å²) < 4.78 is 1.79. The first-order chi connectivity index (χ1) is 9.72. The molecule has 1 aromatic heterocycles. The number of hydrogen-bond donors (Lipinski definition) is 2. The zero-order chi connectivity index (χ0) is 13.9. The number of carbonyl (C=O) groups excluding carboxylic acids is 1. The van der Waals surface area contributed by atoms with Gasteiger partial charge in [-0.15, -0.1) is 0 Å². The number of carbonyl (C=O) groups is 1. The van der Waals surface area contributed by atoms with E-state index in [0.717, 1.165) is 29.7 Å². The normalized spacial score (nSPS) is 14.2. The number of hydrogen-bond acceptors (Lipinski definition) is 3. The minimum absolute atomic E-state index is 0.101. The maximum absolute atomic E-state index is 11.6. The second-order valence-electron chi connectivity index (χ2n) is 5.17. The molecule has 1 heterocycles. The van der Waals surface area contributed by atoms with Crippen molar-refractivity contribution in [3.05, 3.63) is 36.7 Å². The lowest BCUT2D eigenvalue weighted by Crippen LogP contribution is -2.26. The van der Waals surface area contributed by atoms with Gasteiger partial charge in [0.25, 0.3) is 0 Å². The van der Waals surface area contributed by atoms with Gasteiger partial charge in [0, 0.05) is 42.0 Å². The average Bonchev–Trinajstić information content (AvgIpc) is 3.12. The number of nitrogens with one attached hydrogen (secondary N) is 1. The summed E-state index contributed by atoms with van der Waals surface area (Å²) in [6, 6.07) is 8.11. The molecule has 0 bridgehead atoms. The van der Waals surface area contributed by atoms with Crippen molar-refractivity contribution in [3.8, 4) is 11.1 Å². The molecule has 0 saturated heterocycles. The Hall–Kier alpha value is -2.30. The first kappa shape index (κ1) is 12.7. The lowest BCUT2D eigenvalue weighted by atomic mass is 10.1. The Kier molecular flexibility index (Phi) is 3.41. The zero-order valence-electron chi connectivity index (χ0n) is 11.2. The Labute approximate surface area is 117 Å². The molecule has 1 amide bonds. The van der Waals surface area contributed by atoms with E-state index in [1.165, 1.54) is 0 Å². The first-order valence-corrected chi connectivity index (χ1v) is 6.89. The Balaban J connectivity index is 1.61. The fraction of sp³-hybridized carbons (Fsp3) is 0.333. The summed E-state index contributed by atoms with van der Waals surface area (Å²) in [6.07, 6.45) is 6.40. The van der Waals surface area contributed by atoms with Crippen molar-refractivity contribution in [2.24, 2.45) is 0 Å². The van der Waals surface area contributed by atoms with Crippen molar-refractivity contribution in [2.75, 3.05) is 5.73 Å². The Morgan fingerprint density at radius 3 is 2.95 bits per heavy atom. The number of anilines is 1. The summed E-state index contributed by atoms with van der Waals surface area (Å²) in [5.74, 6) is 0.101. The van der Waals surface area contributed by atoms with Crippen LogP contribution in [-0.2, 0) is 11.3 Å². The molecular formula is C15H18N4O.